The minimum atomic E-state index is -0.304. The molecule has 0 unspecified atom stereocenters. The first kappa shape index (κ1) is 13.9. The Morgan fingerprint density at radius 3 is 2.50 bits per heavy atom. The highest BCUT2D eigenvalue weighted by molar-refractivity contribution is 6.05. The fraction of sp³-hybridized carbons (Fsp3) is 0.0588. The third-order valence-corrected chi connectivity index (χ3v) is 3.41. The number of rotatable bonds is 3. The summed E-state index contributed by atoms with van der Waals surface area (Å²) >= 11 is 0. The average Bonchev–Trinajstić information content (AvgIpc) is 2.92. The molecule has 3 rings (SSSR count). The highest BCUT2D eigenvalue weighted by atomic mass is 16.3. The number of carbonyl (C=O) groups excluding carboxylic acids is 1. The molecule has 0 atom stereocenters. The van der Waals surface area contributed by atoms with Gasteiger partial charge in [0.15, 0.2) is 0 Å². The van der Waals surface area contributed by atoms with Crippen molar-refractivity contribution in [2.45, 2.75) is 6.92 Å². The van der Waals surface area contributed by atoms with Crippen molar-refractivity contribution in [3.05, 3.63) is 72.1 Å². The predicted molar refractivity (Wildman–Crippen MR) is 84.4 cm³/mol. The maximum atomic E-state index is 12.4. The van der Waals surface area contributed by atoms with Gasteiger partial charge in [0.1, 0.15) is 5.75 Å². The van der Waals surface area contributed by atoms with Crippen LogP contribution in [-0.4, -0.2) is 20.8 Å². The van der Waals surface area contributed by atoms with Gasteiger partial charge in [-0.3, -0.25) is 4.79 Å². The van der Waals surface area contributed by atoms with Gasteiger partial charge in [-0.05, 0) is 31.2 Å². The van der Waals surface area contributed by atoms with Crippen LogP contribution >= 0.6 is 0 Å². The highest BCUT2D eigenvalue weighted by Crippen LogP contribution is 2.23. The summed E-state index contributed by atoms with van der Waals surface area (Å²) < 4.78 is 1.71. The lowest BCUT2D eigenvalue weighted by molar-refractivity contribution is 0.102. The monoisotopic (exact) mass is 293 g/mol. The maximum Gasteiger partial charge on any atom is 0.259 e. The quantitative estimate of drug-likeness (QED) is 0.729. The van der Waals surface area contributed by atoms with Crippen LogP contribution in [0.2, 0.25) is 0 Å². The van der Waals surface area contributed by atoms with Crippen molar-refractivity contribution in [3.8, 4) is 11.4 Å². The zero-order chi connectivity index (χ0) is 15.5. The molecule has 1 aromatic heterocycles. The molecule has 0 saturated carbocycles. The molecule has 0 fully saturated rings. The van der Waals surface area contributed by atoms with Crippen molar-refractivity contribution < 1.29 is 9.90 Å². The summed E-state index contributed by atoms with van der Waals surface area (Å²) in [6, 6.07) is 16.2. The minimum Gasteiger partial charge on any atom is -0.506 e. The van der Waals surface area contributed by atoms with E-state index in [1.165, 1.54) is 12.3 Å². The van der Waals surface area contributed by atoms with E-state index in [9.17, 15) is 9.90 Å². The Morgan fingerprint density at radius 2 is 1.77 bits per heavy atom. The Kier molecular flexibility index (Phi) is 3.62. The van der Waals surface area contributed by atoms with E-state index >= 15 is 0 Å². The Morgan fingerprint density at radius 1 is 1.09 bits per heavy atom. The molecule has 5 nitrogen and oxygen atoms in total. The van der Waals surface area contributed by atoms with E-state index < -0.39 is 0 Å². The molecule has 2 aromatic carbocycles. The summed E-state index contributed by atoms with van der Waals surface area (Å²) in [6.07, 6.45) is 1.53. The second-order valence-corrected chi connectivity index (χ2v) is 4.86. The predicted octanol–water partition coefficient (Wildman–Crippen LogP) is 3.14. The molecule has 2 N–H and O–H groups in total. The molecular formula is C17H15N3O2. The lowest BCUT2D eigenvalue weighted by atomic mass is 10.2. The Bertz CT molecular complexity index is 810. The van der Waals surface area contributed by atoms with E-state index in [-0.39, 0.29) is 11.7 Å². The topological polar surface area (TPSA) is 67.2 Å². The first-order valence-corrected chi connectivity index (χ1v) is 6.86. The van der Waals surface area contributed by atoms with Crippen LogP contribution in [0, 0.1) is 6.92 Å². The molecule has 0 spiro atoms. The number of nitrogens with zero attached hydrogens (tertiary/aromatic N) is 2. The minimum absolute atomic E-state index is 0.0314. The molecule has 3 aromatic rings. The second-order valence-electron chi connectivity index (χ2n) is 4.86. The van der Waals surface area contributed by atoms with Crippen LogP contribution in [0.1, 0.15) is 16.1 Å². The number of para-hydroxylation sites is 3. The van der Waals surface area contributed by atoms with Crippen molar-refractivity contribution >= 4 is 11.6 Å². The molecule has 1 heterocycles. The number of anilines is 1. The lowest BCUT2D eigenvalue weighted by Gasteiger charge is -2.07. The van der Waals surface area contributed by atoms with Crippen molar-refractivity contribution in [1.82, 2.24) is 9.78 Å². The summed E-state index contributed by atoms with van der Waals surface area (Å²) in [5, 5.41) is 16.7. The standard InChI is InChI=1S/C17H15N3O2/c1-12-14(11-18-20(12)13-7-3-2-4-8-13)17(22)19-15-9-5-6-10-16(15)21/h2-11,21H,1H3,(H,19,22). The van der Waals surface area contributed by atoms with E-state index in [1.807, 2.05) is 37.3 Å². The SMILES string of the molecule is Cc1c(C(=O)Nc2ccccc2O)cnn1-c1ccccc1. The summed E-state index contributed by atoms with van der Waals surface area (Å²) in [7, 11) is 0. The number of hydrogen-bond acceptors (Lipinski definition) is 3. The largest absolute Gasteiger partial charge is 0.506 e. The van der Waals surface area contributed by atoms with Crippen molar-refractivity contribution in [2.24, 2.45) is 0 Å². The molecule has 0 saturated heterocycles. The summed E-state index contributed by atoms with van der Waals surface area (Å²) in [5.41, 5.74) is 2.46. The molecule has 0 aliphatic heterocycles. The zero-order valence-corrected chi connectivity index (χ0v) is 12.0. The van der Waals surface area contributed by atoms with E-state index in [2.05, 4.69) is 10.4 Å². The molecule has 0 bridgehead atoms. The molecule has 1 amide bonds. The van der Waals surface area contributed by atoms with Crippen LogP contribution in [0.15, 0.2) is 60.8 Å². The van der Waals surface area contributed by atoms with E-state index in [1.54, 1.807) is 22.9 Å². The molecular weight excluding hydrogens is 278 g/mol. The molecule has 0 aliphatic rings. The van der Waals surface area contributed by atoms with Crippen LogP contribution in [0.25, 0.3) is 5.69 Å². The number of benzene rings is 2. The number of phenolic OH excluding ortho intramolecular Hbond substituents is 1. The van der Waals surface area contributed by atoms with Crippen molar-refractivity contribution in [2.75, 3.05) is 5.32 Å². The van der Waals surface area contributed by atoms with Crippen molar-refractivity contribution in [3.63, 3.8) is 0 Å². The number of aromatic nitrogens is 2. The number of aromatic hydroxyl groups is 1. The number of carbonyl (C=O) groups is 1. The van der Waals surface area contributed by atoms with Crippen LogP contribution < -0.4 is 5.32 Å². The molecule has 0 aliphatic carbocycles. The van der Waals surface area contributed by atoms with Crippen LogP contribution in [0.5, 0.6) is 5.75 Å². The third kappa shape index (κ3) is 2.56. The third-order valence-electron chi connectivity index (χ3n) is 3.41. The summed E-state index contributed by atoms with van der Waals surface area (Å²) in [5.74, 6) is -0.273. The summed E-state index contributed by atoms with van der Waals surface area (Å²) in [4.78, 5) is 12.4. The van der Waals surface area contributed by atoms with Gasteiger partial charge in [-0.2, -0.15) is 5.10 Å². The van der Waals surface area contributed by atoms with Gasteiger partial charge in [0.05, 0.1) is 28.8 Å². The van der Waals surface area contributed by atoms with E-state index in [0.29, 0.717) is 11.3 Å². The highest BCUT2D eigenvalue weighted by Gasteiger charge is 2.16. The number of nitrogens with one attached hydrogen (secondary N) is 1. The smallest absolute Gasteiger partial charge is 0.259 e. The van der Waals surface area contributed by atoms with E-state index in [0.717, 1.165) is 11.4 Å². The molecule has 110 valence electrons. The second kappa shape index (κ2) is 5.73. The average molecular weight is 293 g/mol. The van der Waals surface area contributed by atoms with Crippen LogP contribution in [0.4, 0.5) is 5.69 Å². The lowest BCUT2D eigenvalue weighted by Crippen LogP contribution is -2.13. The van der Waals surface area contributed by atoms with Gasteiger partial charge in [-0.15, -0.1) is 0 Å². The van der Waals surface area contributed by atoms with E-state index in [4.69, 9.17) is 0 Å². The number of phenols is 1. The van der Waals surface area contributed by atoms with Gasteiger partial charge in [-0.25, -0.2) is 4.68 Å². The molecule has 22 heavy (non-hydrogen) atoms. The van der Waals surface area contributed by atoms with Gasteiger partial charge in [-0.1, -0.05) is 30.3 Å². The Labute approximate surface area is 127 Å². The fourth-order valence-electron chi connectivity index (χ4n) is 2.23. The maximum absolute atomic E-state index is 12.4. The van der Waals surface area contributed by atoms with Crippen molar-refractivity contribution in [1.29, 1.82) is 0 Å². The first-order valence-electron chi connectivity index (χ1n) is 6.86. The van der Waals surface area contributed by atoms with Gasteiger partial charge in [0.25, 0.3) is 5.91 Å². The molecule has 0 radical (unpaired) electrons. The normalized spacial score (nSPS) is 10.4. The summed E-state index contributed by atoms with van der Waals surface area (Å²) in [6.45, 7) is 1.83. The van der Waals surface area contributed by atoms with Crippen LogP contribution in [-0.2, 0) is 0 Å². The molecule has 5 heteroatoms. The van der Waals surface area contributed by atoms with Gasteiger partial charge >= 0.3 is 0 Å². The Balaban J connectivity index is 1.89. The first-order chi connectivity index (χ1) is 10.7. The number of hydrogen-bond donors (Lipinski definition) is 2. The Hall–Kier alpha value is -3.08. The zero-order valence-electron chi connectivity index (χ0n) is 12.0. The van der Waals surface area contributed by atoms with Crippen LogP contribution in [0.3, 0.4) is 0 Å². The fourth-order valence-corrected chi connectivity index (χ4v) is 2.23. The van der Waals surface area contributed by atoms with Gasteiger partial charge < -0.3 is 10.4 Å². The van der Waals surface area contributed by atoms with Gasteiger partial charge in [0, 0.05) is 0 Å². The number of amides is 1. The van der Waals surface area contributed by atoms with Gasteiger partial charge in [0.2, 0.25) is 0 Å².